The average molecular weight is 594 g/mol. The van der Waals surface area contributed by atoms with E-state index < -0.39 is 35.3 Å². The molecule has 12 nitrogen and oxygen atoms in total. The summed E-state index contributed by atoms with van der Waals surface area (Å²) >= 11 is 0. The summed E-state index contributed by atoms with van der Waals surface area (Å²) in [4.78, 5) is 41.0. The lowest BCUT2D eigenvalue weighted by molar-refractivity contribution is -0.120. The Balaban J connectivity index is 1.52. The lowest BCUT2D eigenvalue weighted by atomic mass is 10.0. The largest absolute Gasteiger partial charge is 0.444 e. The van der Waals surface area contributed by atoms with Gasteiger partial charge in [0, 0.05) is 6.42 Å². The second-order valence-electron chi connectivity index (χ2n) is 12.1. The highest BCUT2D eigenvalue weighted by Gasteiger charge is 2.38. The number of ether oxygens (including phenoxy) is 2. The number of carbonyl (C=O) groups excluding carboxylic acids is 2. The molecule has 2 heterocycles. The predicted octanol–water partition coefficient (Wildman–Crippen LogP) is 5.64. The number of rotatable bonds is 9. The number of hydrogen-bond donors (Lipinski definition) is 1. The number of hydrogen-bond acceptors (Lipinski definition) is 11. The van der Waals surface area contributed by atoms with Crippen molar-refractivity contribution in [2.45, 2.75) is 71.2 Å². The fourth-order valence-electron chi connectivity index (χ4n) is 4.26. The third-order valence-corrected chi connectivity index (χ3v) is 6.19. The molecule has 3 aromatic rings. The van der Waals surface area contributed by atoms with E-state index >= 15 is 0 Å². The third-order valence-electron chi connectivity index (χ3n) is 6.19. The van der Waals surface area contributed by atoms with Gasteiger partial charge in [0.25, 0.3) is 5.89 Å². The number of alkyl carbamates (subject to hydrolysis) is 1. The standard InChI is InChI=1S/C31H39N5O7/c1-30(2,3)40-19-24(32-29(38)41-31(4,5)6)27-33-26(35-42-27)25-17-23(34-39-7)18-36(25)43-28(37)22-15-13-21(14-16-22)20-11-9-8-10-12-20/h8-16,24-25H,17-19H2,1-7H3,(H,32,38)/t24-,25-/m0/s1. The van der Waals surface area contributed by atoms with Gasteiger partial charge in [0.15, 0.2) is 5.82 Å². The lowest BCUT2D eigenvalue weighted by Gasteiger charge is -2.25. The second kappa shape index (κ2) is 13.3. The van der Waals surface area contributed by atoms with Gasteiger partial charge in [-0.3, -0.25) is 0 Å². The number of nitrogens with one attached hydrogen (secondary N) is 1. The fraction of sp³-hybridized carbons (Fsp3) is 0.452. The molecule has 0 radical (unpaired) electrons. The van der Waals surface area contributed by atoms with Gasteiger partial charge in [0.1, 0.15) is 24.8 Å². The second-order valence-corrected chi connectivity index (χ2v) is 12.1. The van der Waals surface area contributed by atoms with Gasteiger partial charge in [0.05, 0.1) is 30.0 Å². The van der Waals surface area contributed by atoms with Crippen molar-refractivity contribution >= 4 is 17.8 Å². The van der Waals surface area contributed by atoms with Crippen molar-refractivity contribution in [2.24, 2.45) is 5.16 Å². The molecule has 230 valence electrons. The van der Waals surface area contributed by atoms with Crippen LogP contribution in [0.2, 0.25) is 0 Å². The molecule has 2 aromatic carbocycles. The summed E-state index contributed by atoms with van der Waals surface area (Å²) < 4.78 is 16.9. The quantitative estimate of drug-likeness (QED) is 0.310. The molecule has 0 bridgehead atoms. The molecule has 1 aliphatic heterocycles. The Morgan fingerprint density at radius 1 is 1.02 bits per heavy atom. The minimum atomic E-state index is -0.789. The zero-order valence-electron chi connectivity index (χ0n) is 25.6. The van der Waals surface area contributed by atoms with Crippen molar-refractivity contribution < 1.29 is 33.3 Å². The lowest BCUT2D eigenvalue weighted by Crippen LogP contribution is -2.38. The van der Waals surface area contributed by atoms with E-state index in [4.69, 9.17) is 23.7 Å². The van der Waals surface area contributed by atoms with E-state index in [1.165, 1.54) is 12.2 Å². The summed E-state index contributed by atoms with van der Waals surface area (Å²) in [6, 6.07) is 15.6. The van der Waals surface area contributed by atoms with Crippen LogP contribution in [0.4, 0.5) is 4.79 Å². The highest BCUT2D eigenvalue weighted by Crippen LogP contribution is 2.31. The van der Waals surface area contributed by atoms with E-state index in [-0.39, 0.29) is 24.9 Å². The van der Waals surface area contributed by atoms with Gasteiger partial charge in [-0.25, -0.2) is 9.59 Å². The number of hydroxylamine groups is 2. The number of amides is 1. The molecule has 0 saturated carbocycles. The van der Waals surface area contributed by atoms with Crippen LogP contribution in [0.1, 0.15) is 82.1 Å². The highest BCUT2D eigenvalue weighted by molar-refractivity contribution is 5.91. The summed E-state index contributed by atoms with van der Waals surface area (Å²) in [6.07, 6.45) is -0.325. The van der Waals surface area contributed by atoms with Gasteiger partial charge in [-0.15, -0.1) is 5.06 Å². The summed E-state index contributed by atoms with van der Waals surface area (Å²) in [6.45, 7) is 11.2. The minimum absolute atomic E-state index is 0.0586. The topological polar surface area (TPSA) is 138 Å². The van der Waals surface area contributed by atoms with Gasteiger partial charge in [-0.2, -0.15) is 4.98 Å². The molecule has 1 amide bonds. The molecule has 4 rings (SSSR count). The minimum Gasteiger partial charge on any atom is -0.444 e. The summed E-state index contributed by atoms with van der Waals surface area (Å²) in [5.41, 5.74) is 1.85. The zero-order chi connectivity index (χ0) is 31.2. The molecule has 0 aliphatic carbocycles. The molecular formula is C31H39N5O7. The molecule has 1 aromatic heterocycles. The normalized spacial score (nSPS) is 17.5. The number of carbonyl (C=O) groups is 2. The first kappa shape index (κ1) is 31.6. The average Bonchev–Trinajstić information content (AvgIpc) is 3.57. The van der Waals surface area contributed by atoms with Crippen LogP contribution >= 0.6 is 0 Å². The molecule has 0 unspecified atom stereocenters. The Morgan fingerprint density at radius 2 is 1.70 bits per heavy atom. The SMILES string of the molecule is CON=C1C[C@@H](c2noc([C@H](COC(C)(C)C)NC(=O)OC(C)(C)C)n2)N(OC(=O)c2ccc(-c3ccccc3)cc2)C1. The van der Waals surface area contributed by atoms with Crippen LogP contribution in [-0.2, 0) is 19.1 Å². The van der Waals surface area contributed by atoms with Gasteiger partial charge < -0.3 is 29.0 Å². The van der Waals surface area contributed by atoms with Crippen LogP contribution < -0.4 is 5.32 Å². The first-order chi connectivity index (χ1) is 20.3. The van der Waals surface area contributed by atoms with E-state index in [1.54, 1.807) is 32.9 Å². The van der Waals surface area contributed by atoms with Gasteiger partial charge in [0.2, 0.25) is 0 Å². The molecule has 1 saturated heterocycles. The van der Waals surface area contributed by atoms with Crippen molar-refractivity contribution in [3.63, 3.8) is 0 Å². The third kappa shape index (κ3) is 9.10. The maximum absolute atomic E-state index is 13.1. The van der Waals surface area contributed by atoms with Crippen molar-refractivity contribution in [3.8, 4) is 11.1 Å². The predicted molar refractivity (Wildman–Crippen MR) is 158 cm³/mol. The number of oxime groups is 1. The van der Waals surface area contributed by atoms with Gasteiger partial charge in [-0.05, 0) is 64.8 Å². The van der Waals surface area contributed by atoms with Crippen LogP contribution in [-0.4, -0.2) is 64.4 Å². The molecule has 12 heteroatoms. The molecule has 1 N–H and O–H groups in total. The van der Waals surface area contributed by atoms with Gasteiger partial charge >= 0.3 is 12.1 Å². The molecule has 0 spiro atoms. The zero-order valence-corrected chi connectivity index (χ0v) is 25.6. The van der Waals surface area contributed by atoms with Gasteiger partial charge in [-0.1, -0.05) is 52.8 Å². The van der Waals surface area contributed by atoms with E-state index in [9.17, 15) is 9.59 Å². The Labute approximate surface area is 251 Å². The Morgan fingerprint density at radius 3 is 2.33 bits per heavy atom. The fourth-order valence-corrected chi connectivity index (χ4v) is 4.26. The molecule has 1 fully saturated rings. The number of benzene rings is 2. The molecule has 43 heavy (non-hydrogen) atoms. The van der Waals surface area contributed by atoms with Crippen LogP contribution in [0.5, 0.6) is 0 Å². The first-order valence-corrected chi connectivity index (χ1v) is 14.0. The molecule has 2 atom stereocenters. The monoisotopic (exact) mass is 593 g/mol. The van der Waals surface area contributed by atoms with Crippen LogP contribution in [0.15, 0.2) is 64.3 Å². The summed E-state index contributed by atoms with van der Waals surface area (Å²) in [7, 11) is 1.44. The summed E-state index contributed by atoms with van der Waals surface area (Å²) in [5, 5.41) is 12.4. The number of aromatic nitrogens is 2. The number of nitrogens with zero attached hydrogens (tertiary/aromatic N) is 4. The Hall–Kier alpha value is -4.29. The van der Waals surface area contributed by atoms with Crippen LogP contribution in [0.3, 0.4) is 0 Å². The van der Waals surface area contributed by atoms with E-state index in [0.29, 0.717) is 17.7 Å². The maximum Gasteiger partial charge on any atom is 0.408 e. The van der Waals surface area contributed by atoms with Crippen molar-refractivity contribution in [1.29, 1.82) is 0 Å². The summed E-state index contributed by atoms with van der Waals surface area (Å²) in [5.74, 6) is -0.185. The maximum atomic E-state index is 13.1. The Kier molecular flexibility index (Phi) is 9.82. The van der Waals surface area contributed by atoms with E-state index in [1.807, 2.05) is 63.2 Å². The van der Waals surface area contributed by atoms with Crippen molar-refractivity contribution in [3.05, 3.63) is 71.9 Å². The van der Waals surface area contributed by atoms with Crippen molar-refractivity contribution in [2.75, 3.05) is 20.3 Å². The Bertz CT molecular complexity index is 1410. The van der Waals surface area contributed by atoms with Crippen molar-refractivity contribution in [1.82, 2.24) is 20.5 Å². The smallest absolute Gasteiger partial charge is 0.408 e. The first-order valence-electron chi connectivity index (χ1n) is 14.0. The molecular weight excluding hydrogens is 554 g/mol. The van der Waals surface area contributed by atoms with E-state index in [2.05, 4.69) is 20.6 Å². The van der Waals surface area contributed by atoms with Crippen LogP contribution in [0.25, 0.3) is 11.1 Å². The van der Waals surface area contributed by atoms with E-state index in [0.717, 1.165) is 11.1 Å². The molecule has 1 aliphatic rings. The highest BCUT2D eigenvalue weighted by atomic mass is 16.7. The van der Waals surface area contributed by atoms with Crippen LogP contribution in [0, 0.1) is 0 Å².